The van der Waals surface area contributed by atoms with E-state index in [2.05, 4.69) is 29.6 Å². The number of carboxylic acid groups (broad SMARTS) is 1. The van der Waals surface area contributed by atoms with Crippen LogP contribution >= 0.6 is 0 Å². The molecule has 2 N–H and O–H groups in total. The van der Waals surface area contributed by atoms with E-state index in [-0.39, 0.29) is 37.0 Å². The lowest BCUT2D eigenvalue weighted by atomic mass is 9.98. The molecule has 0 radical (unpaired) electrons. The van der Waals surface area contributed by atoms with Gasteiger partial charge in [0.15, 0.2) is 0 Å². The molecule has 7 heteroatoms. The molecule has 0 saturated heterocycles. The lowest BCUT2D eigenvalue weighted by Crippen LogP contribution is -2.38. The van der Waals surface area contributed by atoms with E-state index in [0.29, 0.717) is 12.1 Å². The molecule has 7 nitrogen and oxygen atoms in total. The Morgan fingerprint density at radius 3 is 2.29 bits per heavy atom. The first kappa shape index (κ1) is 22.7. The highest BCUT2D eigenvalue weighted by Gasteiger charge is 2.30. The van der Waals surface area contributed by atoms with Crippen LogP contribution in [0.15, 0.2) is 66.7 Å². The molecule has 1 aliphatic heterocycles. The maximum Gasteiger partial charge on any atom is 0.407 e. The second-order valence-electron chi connectivity index (χ2n) is 9.07. The van der Waals surface area contributed by atoms with Gasteiger partial charge in [-0.2, -0.15) is 0 Å². The molecule has 0 unspecified atom stereocenters. The average molecular weight is 471 g/mol. The number of nitrogens with zero attached hydrogens (tertiary/aromatic N) is 1. The molecule has 3 aromatic carbocycles. The molecular weight excluding hydrogens is 444 g/mol. The predicted octanol–water partition coefficient (Wildman–Crippen LogP) is 4.54. The summed E-state index contributed by atoms with van der Waals surface area (Å²) in [5.41, 5.74) is 6.34. The zero-order chi connectivity index (χ0) is 24.5. The van der Waals surface area contributed by atoms with E-state index in [1.54, 1.807) is 24.0 Å². The quantitative estimate of drug-likeness (QED) is 0.551. The summed E-state index contributed by atoms with van der Waals surface area (Å²) in [5, 5.41) is 12.1. The van der Waals surface area contributed by atoms with Crippen LogP contribution in [-0.4, -0.2) is 40.6 Å². The van der Waals surface area contributed by atoms with Crippen molar-refractivity contribution in [1.29, 1.82) is 0 Å². The molecule has 0 aromatic heterocycles. The standard InChI is InChI=1S/C28H26N2O5/c1-17(13-26(31)30-14-18-7-6-12-23(27(32)33)24(18)15-30)29-28(34)35-16-25-21-10-4-2-8-19(21)20-9-3-5-11-22(20)25/h2-12,17,25H,13-16H2,1H3,(H,29,34)(H,32,33)/t17-/m0/s1. The number of fused-ring (bicyclic) bond motifs is 4. The maximum atomic E-state index is 12.8. The summed E-state index contributed by atoms with van der Waals surface area (Å²) in [6.45, 7) is 2.59. The van der Waals surface area contributed by atoms with Crippen LogP contribution in [0.1, 0.15) is 51.9 Å². The number of carboxylic acids is 1. The highest BCUT2D eigenvalue weighted by Crippen LogP contribution is 2.44. The molecule has 1 atom stereocenters. The van der Waals surface area contributed by atoms with E-state index in [0.717, 1.165) is 27.8 Å². The van der Waals surface area contributed by atoms with Gasteiger partial charge in [0.25, 0.3) is 0 Å². The number of aromatic carboxylic acids is 1. The van der Waals surface area contributed by atoms with Crippen molar-refractivity contribution in [3.05, 3.63) is 94.5 Å². The summed E-state index contributed by atoms with van der Waals surface area (Å²) in [6.07, 6.45) is -0.467. The van der Waals surface area contributed by atoms with Crippen LogP contribution in [0.3, 0.4) is 0 Å². The van der Waals surface area contributed by atoms with Crippen molar-refractivity contribution in [3.8, 4) is 11.1 Å². The first-order chi connectivity index (χ1) is 16.9. The number of nitrogens with one attached hydrogen (secondary N) is 1. The number of rotatable bonds is 6. The van der Waals surface area contributed by atoms with Crippen molar-refractivity contribution in [1.82, 2.24) is 10.2 Å². The van der Waals surface area contributed by atoms with E-state index >= 15 is 0 Å². The number of benzene rings is 3. The highest BCUT2D eigenvalue weighted by atomic mass is 16.5. The lowest BCUT2D eigenvalue weighted by Gasteiger charge is -2.20. The van der Waals surface area contributed by atoms with Crippen LogP contribution in [0.25, 0.3) is 11.1 Å². The first-order valence-corrected chi connectivity index (χ1v) is 11.7. The zero-order valence-corrected chi connectivity index (χ0v) is 19.4. The normalized spacial score (nSPS) is 14.6. The molecule has 0 bridgehead atoms. The van der Waals surface area contributed by atoms with Gasteiger partial charge < -0.3 is 20.1 Å². The minimum absolute atomic E-state index is 0.0309. The Labute approximate surface area is 203 Å². The van der Waals surface area contributed by atoms with Crippen LogP contribution in [0.5, 0.6) is 0 Å². The second-order valence-corrected chi connectivity index (χ2v) is 9.07. The number of ether oxygens (including phenoxy) is 1. The Hall–Kier alpha value is -4.13. The van der Waals surface area contributed by atoms with Crippen molar-refractivity contribution in [2.75, 3.05) is 6.61 Å². The van der Waals surface area contributed by atoms with Crippen LogP contribution in [-0.2, 0) is 22.6 Å². The predicted molar refractivity (Wildman–Crippen MR) is 130 cm³/mol. The van der Waals surface area contributed by atoms with Gasteiger partial charge in [-0.05, 0) is 46.4 Å². The first-order valence-electron chi connectivity index (χ1n) is 11.7. The summed E-state index contributed by atoms with van der Waals surface area (Å²) in [6, 6.07) is 20.9. The van der Waals surface area contributed by atoms with Gasteiger partial charge in [0, 0.05) is 31.5 Å². The number of amides is 2. The van der Waals surface area contributed by atoms with E-state index in [4.69, 9.17) is 4.74 Å². The van der Waals surface area contributed by atoms with Crippen molar-refractivity contribution < 1.29 is 24.2 Å². The van der Waals surface area contributed by atoms with Gasteiger partial charge in [-0.15, -0.1) is 0 Å². The van der Waals surface area contributed by atoms with E-state index in [9.17, 15) is 19.5 Å². The van der Waals surface area contributed by atoms with Crippen LogP contribution < -0.4 is 5.32 Å². The van der Waals surface area contributed by atoms with Crippen LogP contribution in [0, 0.1) is 0 Å². The second kappa shape index (κ2) is 9.25. The smallest absolute Gasteiger partial charge is 0.407 e. The minimum Gasteiger partial charge on any atom is -0.478 e. The molecule has 0 saturated carbocycles. The van der Waals surface area contributed by atoms with Gasteiger partial charge in [0.1, 0.15) is 6.61 Å². The Balaban J connectivity index is 1.16. The Morgan fingerprint density at radius 1 is 0.971 bits per heavy atom. The van der Waals surface area contributed by atoms with Crippen molar-refractivity contribution >= 4 is 18.0 Å². The third kappa shape index (κ3) is 4.37. The number of hydrogen-bond donors (Lipinski definition) is 2. The molecule has 1 aliphatic carbocycles. The Kier molecular flexibility index (Phi) is 5.99. The van der Waals surface area contributed by atoms with E-state index < -0.39 is 18.1 Å². The molecule has 2 aliphatic rings. The van der Waals surface area contributed by atoms with Gasteiger partial charge in [-0.1, -0.05) is 60.7 Å². The molecule has 35 heavy (non-hydrogen) atoms. The van der Waals surface area contributed by atoms with Crippen molar-refractivity contribution in [3.63, 3.8) is 0 Å². The molecule has 2 amide bonds. The number of alkyl carbamates (subject to hydrolysis) is 1. The van der Waals surface area contributed by atoms with Gasteiger partial charge in [0.2, 0.25) is 5.91 Å². The number of hydrogen-bond acceptors (Lipinski definition) is 4. The fourth-order valence-electron chi connectivity index (χ4n) is 5.08. The monoisotopic (exact) mass is 470 g/mol. The Bertz CT molecular complexity index is 1270. The number of carbonyl (C=O) groups is 3. The fourth-order valence-corrected chi connectivity index (χ4v) is 5.08. The van der Waals surface area contributed by atoms with E-state index in [1.165, 1.54) is 0 Å². The van der Waals surface area contributed by atoms with Crippen LogP contribution in [0.2, 0.25) is 0 Å². The van der Waals surface area contributed by atoms with Gasteiger partial charge in [-0.3, -0.25) is 4.79 Å². The van der Waals surface area contributed by atoms with Crippen molar-refractivity contribution in [2.24, 2.45) is 0 Å². The third-order valence-electron chi connectivity index (χ3n) is 6.76. The lowest BCUT2D eigenvalue weighted by molar-refractivity contribution is -0.132. The van der Waals surface area contributed by atoms with Gasteiger partial charge in [-0.25, -0.2) is 9.59 Å². The maximum absolute atomic E-state index is 12.8. The third-order valence-corrected chi connectivity index (χ3v) is 6.76. The summed E-state index contributed by atoms with van der Waals surface area (Å²) < 4.78 is 5.57. The van der Waals surface area contributed by atoms with Crippen LogP contribution in [0.4, 0.5) is 4.79 Å². The molecule has 0 spiro atoms. The molecule has 3 aromatic rings. The molecule has 5 rings (SSSR count). The van der Waals surface area contributed by atoms with Gasteiger partial charge >= 0.3 is 12.1 Å². The zero-order valence-electron chi connectivity index (χ0n) is 19.4. The van der Waals surface area contributed by atoms with Crippen molar-refractivity contribution in [2.45, 2.75) is 38.4 Å². The average Bonchev–Trinajstić information content (AvgIpc) is 3.42. The number of carbonyl (C=O) groups excluding carboxylic acids is 2. The van der Waals surface area contributed by atoms with Gasteiger partial charge in [0.05, 0.1) is 5.56 Å². The molecular formula is C28H26N2O5. The summed E-state index contributed by atoms with van der Waals surface area (Å²) in [7, 11) is 0. The molecule has 0 fully saturated rings. The SMILES string of the molecule is C[C@@H](CC(=O)N1Cc2cccc(C(=O)O)c2C1)NC(=O)OCC1c2ccccc2-c2ccccc21. The minimum atomic E-state index is -0.999. The molecule has 178 valence electrons. The van der Waals surface area contributed by atoms with E-state index in [1.807, 2.05) is 30.3 Å². The molecule has 1 heterocycles. The summed E-state index contributed by atoms with van der Waals surface area (Å²) in [4.78, 5) is 38.4. The fraction of sp³-hybridized carbons (Fsp3) is 0.250. The Morgan fingerprint density at radius 2 is 1.63 bits per heavy atom. The topological polar surface area (TPSA) is 95.9 Å². The summed E-state index contributed by atoms with van der Waals surface area (Å²) in [5.74, 6) is -1.18. The summed E-state index contributed by atoms with van der Waals surface area (Å²) >= 11 is 0. The largest absolute Gasteiger partial charge is 0.478 e. The highest BCUT2D eigenvalue weighted by molar-refractivity contribution is 5.90.